The van der Waals surface area contributed by atoms with Gasteiger partial charge in [-0.2, -0.15) is 4.98 Å². The van der Waals surface area contributed by atoms with Gasteiger partial charge < -0.3 is 21.5 Å². The number of aromatic nitrogens is 2. The molecular formula is C21H28N6O4. The monoisotopic (exact) mass is 428 g/mol. The summed E-state index contributed by atoms with van der Waals surface area (Å²) < 4.78 is 0. The van der Waals surface area contributed by atoms with E-state index in [4.69, 9.17) is 21.4 Å². The van der Waals surface area contributed by atoms with Gasteiger partial charge in [0.05, 0.1) is 18.2 Å². The van der Waals surface area contributed by atoms with Gasteiger partial charge in [-0.05, 0) is 31.7 Å². The molecule has 0 aliphatic carbocycles. The van der Waals surface area contributed by atoms with Gasteiger partial charge in [0.2, 0.25) is 11.9 Å². The minimum Gasteiger partial charge on any atom is -0.480 e. The molecule has 2 aromatic rings. The number of rotatable bonds is 8. The standard InChI is InChI=1S/C21H28N6O4/c1-2-31-26-19(28)15-4-3-9-27(12-15)18-11-17(24-21(23)25-18)14-7-5-13(6-8-14)10-16(22)20(29)30/h5-8,11,15-16H,2-4,9-10,12,22H2,1H3,(H,26,28)(H,29,30)(H2,23,24,25). The van der Waals surface area contributed by atoms with E-state index in [0.29, 0.717) is 24.7 Å². The number of amides is 1. The molecule has 31 heavy (non-hydrogen) atoms. The number of carbonyl (C=O) groups is 2. The van der Waals surface area contributed by atoms with Crippen LogP contribution in [0.1, 0.15) is 25.3 Å². The Bertz CT molecular complexity index is 921. The van der Waals surface area contributed by atoms with Crippen LogP contribution in [0.5, 0.6) is 0 Å². The molecule has 3 rings (SSSR count). The van der Waals surface area contributed by atoms with Crippen molar-refractivity contribution in [3.05, 3.63) is 35.9 Å². The zero-order chi connectivity index (χ0) is 22.4. The highest BCUT2D eigenvalue weighted by Crippen LogP contribution is 2.27. The molecule has 166 valence electrons. The lowest BCUT2D eigenvalue weighted by molar-refractivity contribution is -0.138. The molecule has 2 heterocycles. The molecule has 2 unspecified atom stereocenters. The molecule has 0 bridgehead atoms. The van der Waals surface area contributed by atoms with Crippen LogP contribution in [0.15, 0.2) is 30.3 Å². The van der Waals surface area contributed by atoms with Gasteiger partial charge in [-0.3, -0.25) is 14.4 Å². The molecule has 0 saturated carbocycles. The van der Waals surface area contributed by atoms with Gasteiger partial charge in [0.15, 0.2) is 0 Å². The summed E-state index contributed by atoms with van der Waals surface area (Å²) in [4.78, 5) is 39.0. The number of hydroxylamine groups is 1. The topological polar surface area (TPSA) is 157 Å². The van der Waals surface area contributed by atoms with Crippen molar-refractivity contribution < 1.29 is 19.5 Å². The maximum Gasteiger partial charge on any atom is 0.320 e. The molecule has 2 atom stereocenters. The Morgan fingerprint density at radius 2 is 2.06 bits per heavy atom. The van der Waals surface area contributed by atoms with Gasteiger partial charge in [-0.1, -0.05) is 24.3 Å². The number of nitrogens with zero attached hydrogens (tertiary/aromatic N) is 3. The van der Waals surface area contributed by atoms with Crippen molar-refractivity contribution in [1.29, 1.82) is 0 Å². The number of carboxylic acids is 1. The molecule has 1 aliphatic rings. The normalized spacial score (nSPS) is 17.2. The minimum absolute atomic E-state index is 0.135. The van der Waals surface area contributed by atoms with E-state index in [1.807, 2.05) is 42.2 Å². The van der Waals surface area contributed by atoms with Crippen molar-refractivity contribution in [1.82, 2.24) is 15.4 Å². The summed E-state index contributed by atoms with van der Waals surface area (Å²) in [5.74, 6) is -0.563. The molecular weight excluding hydrogens is 400 g/mol. The number of carbonyl (C=O) groups excluding carboxylic acids is 1. The fourth-order valence-electron chi connectivity index (χ4n) is 3.54. The number of hydrogen-bond acceptors (Lipinski definition) is 8. The highest BCUT2D eigenvalue weighted by atomic mass is 16.6. The molecule has 6 N–H and O–H groups in total. The number of carboxylic acid groups (broad SMARTS) is 1. The summed E-state index contributed by atoms with van der Waals surface area (Å²) in [6.45, 7) is 3.50. The Balaban J connectivity index is 1.75. The predicted molar refractivity (Wildman–Crippen MR) is 116 cm³/mol. The Labute approximate surface area is 180 Å². The van der Waals surface area contributed by atoms with Crippen LogP contribution < -0.4 is 21.8 Å². The van der Waals surface area contributed by atoms with E-state index in [0.717, 1.165) is 30.5 Å². The first-order chi connectivity index (χ1) is 14.9. The van der Waals surface area contributed by atoms with Crippen LogP contribution in [0.3, 0.4) is 0 Å². The average molecular weight is 428 g/mol. The van der Waals surface area contributed by atoms with Gasteiger partial charge >= 0.3 is 5.97 Å². The maximum atomic E-state index is 12.3. The van der Waals surface area contributed by atoms with Crippen LogP contribution in [-0.4, -0.2) is 52.7 Å². The Hall–Kier alpha value is -3.24. The first-order valence-corrected chi connectivity index (χ1v) is 10.3. The minimum atomic E-state index is -1.04. The van der Waals surface area contributed by atoms with Crippen LogP contribution in [0, 0.1) is 5.92 Å². The Morgan fingerprint density at radius 1 is 1.32 bits per heavy atom. The molecule has 0 spiro atoms. The van der Waals surface area contributed by atoms with Crippen molar-refractivity contribution >= 4 is 23.6 Å². The highest BCUT2D eigenvalue weighted by Gasteiger charge is 2.27. The smallest absolute Gasteiger partial charge is 0.320 e. The second kappa shape index (κ2) is 10.2. The SMILES string of the molecule is CCONC(=O)C1CCCN(c2cc(-c3ccc(CC(N)C(=O)O)cc3)nc(N)n2)C1. The van der Waals surface area contributed by atoms with E-state index in [1.165, 1.54) is 0 Å². The molecule has 1 aromatic heterocycles. The number of benzene rings is 1. The van der Waals surface area contributed by atoms with E-state index in [2.05, 4.69) is 15.4 Å². The second-order valence-electron chi connectivity index (χ2n) is 7.50. The average Bonchev–Trinajstić information content (AvgIpc) is 2.77. The van der Waals surface area contributed by atoms with Gasteiger partial charge in [0.1, 0.15) is 11.9 Å². The number of nitrogen functional groups attached to an aromatic ring is 1. The molecule has 1 aromatic carbocycles. The summed E-state index contributed by atoms with van der Waals surface area (Å²) in [6.07, 6.45) is 1.87. The largest absolute Gasteiger partial charge is 0.480 e. The fourth-order valence-corrected chi connectivity index (χ4v) is 3.54. The summed E-state index contributed by atoms with van der Waals surface area (Å²) in [5, 5.41) is 8.96. The quantitative estimate of drug-likeness (QED) is 0.450. The third-order valence-corrected chi connectivity index (χ3v) is 5.19. The van der Waals surface area contributed by atoms with E-state index in [1.54, 1.807) is 0 Å². The number of piperidine rings is 1. The summed E-state index contributed by atoms with van der Waals surface area (Å²) in [6, 6.07) is 8.25. The highest BCUT2D eigenvalue weighted by molar-refractivity contribution is 5.78. The zero-order valence-corrected chi connectivity index (χ0v) is 17.5. The van der Waals surface area contributed by atoms with E-state index >= 15 is 0 Å². The number of nitrogens with two attached hydrogens (primary N) is 2. The first-order valence-electron chi connectivity index (χ1n) is 10.3. The van der Waals surface area contributed by atoms with Crippen molar-refractivity contribution in [2.24, 2.45) is 11.7 Å². The van der Waals surface area contributed by atoms with Crippen molar-refractivity contribution in [2.75, 3.05) is 30.3 Å². The maximum absolute atomic E-state index is 12.3. The lowest BCUT2D eigenvalue weighted by Gasteiger charge is -2.32. The predicted octanol–water partition coefficient (Wildman–Crippen LogP) is 0.964. The van der Waals surface area contributed by atoms with Crippen molar-refractivity contribution in [3.63, 3.8) is 0 Å². The van der Waals surface area contributed by atoms with Gasteiger partial charge in [0.25, 0.3) is 0 Å². The summed E-state index contributed by atoms with van der Waals surface area (Å²) >= 11 is 0. The van der Waals surface area contributed by atoms with Crippen LogP contribution in [0.25, 0.3) is 11.3 Å². The Morgan fingerprint density at radius 3 is 2.74 bits per heavy atom. The van der Waals surface area contributed by atoms with Gasteiger partial charge in [-0.25, -0.2) is 10.5 Å². The lowest BCUT2D eigenvalue weighted by atomic mass is 9.97. The molecule has 10 nitrogen and oxygen atoms in total. The number of nitrogens with one attached hydrogen (secondary N) is 1. The second-order valence-corrected chi connectivity index (χ2v) is 7.50. The summed E-state index contributed by atoms with van der Waals surface area (Å²) in [5.41, 5.74) is 16.3. The number of anilines is 2. The third kappa shape index (κ3) is 5.89. The van der Waals surface area contributed by atoms with Crippen LogP contribution in [0.4, 0.5) is 11.8 Å². The molecule has 1 aliphatic heterocycles. The van der Waals surface area contributed by atoms with E-state index in [9.17, 15) is 9.59 Å². The molecule has 10 heteroatoms. The number of aliphatic carboxylic acids is 1. The molecule has 1 fully saturated rings. The molecule has 1 saturated heterocycles. The summed E-state index contributed by atoms with van der Waals surface area (Å²) in [7, 11) is 0. The Kier molecular flexibility index (Phi) is 7.37. The zero-order valence-electron chi connectivity index (χ0n) is 17.5. The number of hydrogen-bond donors (Lipinski definition) is 4. The van der Waals surface area contributed by atoms with Crippen LogP contribution in [-0.2, 0) is 20.8 Å². The van der Waals surface area contributed by atoms with Crippen molar-refractivity contribution in [3.8, 4) is 11.3 Å². The molecule has 1 amide bonds. The van der Waals surface area contributed by atoms with Crippen LogP contribution >= 0.6 is 0 Å². The van der Waals surface area contributed by atoms with E-state index in [-0.39, 0.29) is 24.2 Å². The first kappa shape index (κ1) is 22.4. The lowest BCUT2D eigenvalue weighted by Crippen LogP contribution is -2.43. The van der Waals surface area contributed by atoms with Gasteiger partial charge in [0, 0.05) is 24.7 Å². The van der Waals surface area contributed by atoms with Crippen molar-refractivity contribution in [2.45, 2.75) is 32.2 Å². The fraction of sp³-hybridized carbons (Fsp3) is 0.429. The molecule has 0 radical (unpaired) electrons. The third-order valence-electron chi connectivity index (χ3n) is 5.19. The van der Waals surface area contributed by atoms with Crippen LogP contribution in [0.2, 0.25) is 0 Å². The van der Waals surface area contributed by atoms with E-state index < -0.39 is 12.0 Å². The van der Waals surface area contributed by atoms with Gasteiger partial charge in [-0.15, -0.1) is 0 Å².